The normalized spacial score (nSPS) is 16.8. The molecule has 2 aromatic rings. The highest BCUT2D eigenvalue weighted by Gasteiger charge is 2.28. The van der Waals surface area contributed by atoms with E-state index < -0.39 is 10.0 Å². The molecular weight excluding hydrogens is 346 g/mol. The molecule has 1 aliphatic carbocycles. The molecule has 0 spiro atoms. The number of nitrogens with one attached hydrogen (secondary N) is 1. The predicted octanol–water partition coefficient (Wildman–Crippen LogP) is 3.18. The summed E-state index contributed by atoms with van der Waals surface area (Å²) in [6.07, 6.45) is 3.03. The molecule has 0 fully saturated rings. The average molecular weight is 374 g/mol. The third-order valence-electron chi connectivity index (χ3n) is 4.98. The van der Waals surface area contributed by atoms with Gasteiger partial charge in [0.05, 0.1) is 4.90 Å². The Bertz CT molecular complexity index is 875. The van der Waals surface area contributed by atoms with Crippen LogP contribution in [0.2, 0.25) is 0 Å². The summed E-state index contributed by atoms with van der Waals surface area (Å²) in [4.78, 5) is 0.384. The fraction of sp³-hybridized carbons (Fsp3) is 0.429. The molecule has 3 rings (SSSR count). The number of aryl methyl sites for hydroxylation is 1. The van der Waals surface area contributed by atoms with Gasteiger partial charge in [-0.05, 0) is 59.9 Å². The van der Waals surface area contributed by atoms with Crippen molar-refractivity contribution >= 4 is 10.0 Å². The molecule has 1 atom stereocenters. The van der Waals surface area contributed by atoms with Crippen LogP contribution in [-0.4, -0.2) is 26.2 Å². The number of sulfonamides is 1. The molecule has 1 aliphatic rings. The summed E-state index contributed by atoms with van der Waals surface area (Å²) in [7, 11) is -3.54. The number of aliphatic hydroxyl groups excluding tert-OH is 1. The molecular formula is C21H27NO3S. The zero-order valence-electron chi connectivity index (χ0n) is 15.4. The standard InChI is InChI=1S/C21H27NO3S/c1-15(2)20-7-3-4-8-21(20)26(24,25)22-19-13-17-10-9-16(6-5-11-23)12-18(17)14-19/h3-4,7-10,12,15,19,22-23H,5-6,11,13-14H2,1-2H3. The van der Waals surface area contributed by atoms with Crippen LogP contribution in [0.25, 0.3) is 0 Å². The van der Waals surface area contributed by atoms with Crippen LogP contribution in [0.1, 0.15) is 48.4 Å². The van der Waals surface area contributed by atoms with E-state index in [1.165, 1.54) is 16.7 Å². The first-order chi connectivity index (χ1) is 12.4. The number of benzene rings is 2. The monoisotopic (exact) mass is 373 g/mol. The summed E-state index contributed by atoms with van der Waals surface area (Å²) in [6, 6.07) is 13.5. The van der Waals surface area contributed by atoms with Crippen molar-refractivity contribution < 1.29 is 13.5 Å². The van der Waals surface area contributed by atoms with Gasteiger partial charge in [-0.25, -0.2) is 13.1 Å². The van der Waals surface area contributed by atoms with E-state index in [9.17, 15) is 8.42 Å². The van der Waals surface area contributed by atoms with Gasteiger partial charge in [-0.3, -0.25) is 0 Å². The topological polar surface area (TPSA) is 66.4 Å². The fourth-order valence-electron chi connectivity index (χ4n) is 3.68. The molecule has 26 heavy (non-hydrogen) atoms. The second-order valence-corrected chi connectivity index (χ2v) is 9.03. The highest BCUT2D eigenvalue weighted by molar-refractivity contribution is 7.89. The quantitative estimate of drug-likeness (QED) is 0.783. The van der Waals surface area contributed by atoms with Gasteiger partial charge in [0.1, 0.15) is 0 Å². The van der Waals surface area contributed by atoms with Crippen molar-refractivity contribution in [1.29, 1.82) is 0 Å². The second kappa shape index (κ2) is 7.91. The van der Waals surface area contributed by atoms with Crippen LogP contribution in [0, 0.1) is 0 Å². The maximum Gasteiger partial charge on any atom is 0.241 e. The Kier molecular flexibility index (Phi) is 5.80. The molecule has 0 aliphatic heterocycles. The van der Waals surface area contributed by atoms with Crippen molar-refractivity contribution in [1.82, 2.24) is 4.72 Å². The van der Waals surface area contributed by atoms with Crippen LogP contribution in [0.3, 0.4) is 0 Å². The number of aliphatic hydroxyl groups is 1. The fourth-order valence-corrected chi connectivity index (χ4v) is 5.28. The van der Waals surface area contributed by atoms with Crippen molar-refractivity contribution in [3.05, 3.63) is 64.7 Å². The second-order valence-electron chi connectivity index (χ2n) is 7.35. The number of fused-ring (bicyclic) bond motifs is 1. The first kappa shape index (κ1) is 19.1. The van der Waals surface area contributed by atoms with Crippen molar-refractivity contribution in [3.63, 3.8) is 0 Å². The van der Waals surface area contributed by atoms with Crippen LogP contribution in [0.15, 0.2) is 47.4 Å². The number of rotatable bonds is 7. The van der Waals surface area contributed by atoms with Crippen molar-refractivity contribution in [3.8, 4) is 0 Å². The third-order valence-corrected chi connectivity index (χ3v) is 6.57. The molecule has 4 nitrogen and oxygen atoms in total. The Morgan fingerprint density at radius 1 is 1.12 bits per heavy atom. The van der Waals surface area contributed by atoms with E-state index in [4.69, 9.17) is 5.11 Å². The molecule has 1 unspecified atom stereocenters. The summed E-state index contributed by atoms with van der Waals surface area (Å²) in [5.74, 6) is 0.151. The number of hydrogen-bond acceptors (Lipinski definition) is 3. The summed E-state index contributed by atoms with van der Waals surface area (Å²) in [5, 5.41) is 8.98. The lowest BCUT2D eigenvalue weighted by Gasteiger charge is -2.17. The maximum atomic E-state index is 12.9. The van der Waals surface area contributed by atoms with Crippen LogP contribution in [-0.2, 0) is 29.3 Å². The summed E-state index contributed by atoms with van der Waals surface area (Å²) in [6.45, 7) is 4.20. The van der Waals surface area contributed by atoms with Crippen LogP contribution < -0.4 is 4.72 Å². The lowest BCUT2D eigenvalue weighted by atomic mass is 10.0. The van der Waals surface area contributed by atoms with Gasteiger partial charge in [-0.2, -0.15) is 0 Å². The van der Waals surface area contributed by atoms with Crippen LogP contribution >= 0.6 is 0 Å². The summed E-state index contributed by atoms with van der Waals surface area (Å²) >= 11 is 0. The van der Waals surface area contributed by atoms with Crippen molar-refractivity contribution in [2.45, 2.75) is 56.4 Å². The molecule has 2 aromatic carbocycles. The highest BCUT2D eigenvalue weighted by atomic mass is 32.2. The molecule has 0 amide bonds. The predicted molar refractivity (Wildman–Crippen MR) is 104 cm³/mol. The Morgan fingerprint density at radius 2 is 1.85 bits per heavy atom. The molecule has 0 radical (unpaired) electrons. The first-order valence-corrected chi connectivity index (χ1v) is 10.7. The van der Waals surface area contributed by atoms with E-state index >= 15 is 0 Å². The summed E-state index contributed by atoms with van der Waals surface area (Å²) in [5.41, 5.74) is 4.47. The smallest absolute Gasteiger partial charge is 0.241 e. The van der Waals surface area contributed by atoms with Gasteiger partial charge < -0.3 is 5.11 Å². The molecule has 5 heteroatoms. The summed E-state index contributed by atoms with van der Waals surface area (Å²) < 4.78 is 28.8. The molecule has 0 bridgehead atoms. The van der Waals surface area contributed by atoms with Crippen molar-refractivity contribution in [2.24, 2.45) is 0 Å². The molecule has 0 saturated carbocycles. The average Bonchev–Trinajstić information content (AvgIpc) is 3.00. The Balaban J connectivity index is 1.76. The van der Waals surface area contributed by atoms with Gasteiger partial charge in [-0.1, -0.05) is 50.2 Å². The minimum absolute atomic E-state index is 0.108. The zero-order valence-corrected chi connectivity index (χ0v) is 16.2. The SMILES string of the molecule is CC(C)c1ccccc1S(=O)(=O)NC1Cc2ccc(CCCO)cc2C1. The molecule has 0 heterocycles. The van der Waals surface area contributed by atoms with E-state index in [0.717, 1.165) is 24.8 Å². The molecule has 140 valence electrons. The Morgan fingerprint density at radius 3 is 2.58 bits per heavy atom. The minimum atomic E-state index is -3.54. The van der Waals surface area contributed by atoms with Gasteiger partial charge in [0.15, 0.2) is 0 Å². The van der Waals surface area contributed by atoms with Crippen LogP contribution in [0.4, 0.5) is 0 Å². The maximum absolute atomic E-state index is 12.9. The first-order valence-electron chi connectivity index (χ1n) is 9.23. The van der Waals surface area contributed by atoms with E-state index in [1.807, 2.05) is 26.0 Å². The van der Waals surface area contributed by atoms with E-state index in [0.29, 0.717) is 11.3 Å². The lowest BCUT2D eigenvalue weighted by Crippen LogP contribution is -2.35. The third kappa shape index (κ3) is 4.17. The number of hydrogen-bond donors (Lipinski definition) is 2. The Hall–Kier alpha value is -1.69. The zero-order chi connectivity index (χ0) is 18.7. The van der Waals surface area contributed by atoms with E-state index in [-0.39, 0.29) is 18.6 Å². The van der Waals surface area contributed by atoms with E-state index in [1.54, 1.807) is 12.1 Å². The Labute approximate surface area is 156 Å². The molecule has 0 saturated heterocycles. The van der Waals surface area contributed by atoms with Gasteiger partial charge in [0, 0.05) is 12.6 Å². The van der Waals surface area contributed by atoms with Gasteiger partial charge in [0.25, 0.3) is 0 Å². The molecule has 2 N–H and O–H groups in total. The van der Waals surface area contributed by atoms with Gasteiger partial charge >= 0.3 is 0 Å². The largest absolute Gasteiger partial charge is 0.396 e. The van der Waals surface area contributed by atoms with Gasteiger partial charge in [-0.15, -0.1) is 0 Å². The van der Waals surface area contributed by atoms with Crippen LogP contribution in [0.5, 0.6) is 0 Å². The molecule has 0 aromatic heterocycles. The van der Waals surface area contributed by atoms with E-state index in [2.05, 4.69) is 22.9 Å². The lowest BCUT2D eigenvalue weighted by molar-refractivity contribution is 0.288. The highest BCUT2D eigenvalue weighted by Crippen LogP contribution is 2.27. The minimum Gasteiger partial charge on any atom is -0.396 e. The van der Waals surface area contributed by atoms with Gasteiger partial charge in [0.2, 0.25) is 10.0 Å². The van der Waals surface area contributed by atoms with Crippen molar-refractivity contribution in [2.75, 3.05) is 6.61 Å².